The topological polar surface area (TPSA) is 66.7 Å². The molecule has 0 unspecified atom stereocenters. The largest absolute Gasteiger partial charge is 0.397 e. The van der Waals surface area contributed by atoms with Crippen molar-refractivity contribution in [2.24, 2.45) is 0 Å². The van der Waals surface area contributed by atoms with Crippen LogP contribution in [0.2, 0.25) is 0 Å². The Balaban J connectivity index is 1.86. The SMILES string of the molecule is Nc1ccccc1NCCc1ncc[nH]1. The zero-order chi connectivity index (χ0) is 10.5. The Bertz CT molecular complexity index is 408. The molecule has 4 N–H and O–H groups in total. The van der Waals surface area contributed by atoms with Gasteiger partial charge in [0, 0.05) is 25.4 Å². The number of para-hydroxylation sites is 2. The van der Waals surface area contributed by atoms with Gasteiger partial charge in [-0.3, -0.25) is 0 Å². The van der Waals surface area contributed by atoms with E-state index in [9.17, 15) is 0 Å². The van der Waals surface area contributed by atoms with Crippen LogP contribution in [0.5, 0.6) is 0 Å². The van der Waals surface area contributed by atoms with E-state index in [1.807, 2.05) is 30.5 Å². The third kappa shape index (κ3) is 2.49. The first-order chi connectivity index (χ1) is 7.36. The van der Waals surface area contributed by atoms with Gasteiger partial charge in [0.1, 0.15) is 5.82 Å². The molecule has 0 saturated carbocycles. The summed E-state index contributed by atoms with van der Waals surface area (Å²) in [6, 6.07) is 7.74. The third-order valence-corrected chi connectivity index (χ3v) is 2.19. The van der Waals surface area contributed by atoms with Crippen molar-refractivity contribution in [3.8, 4) is 0 Å². The second kappa shape index (κ2) is 4.50. The quantitative estimate of drug-likeness (QED) is 0.660. The molecule has 0 aliphatic rings. The average Bonchev–Trinajstić information content (AvgIpc) is 2.74. The molecular weight excluding hydrogens is 188 g/mol. The fourth-order valence-corrected chi connectivity index (χ4v) is 1.41. The van der Waals surface area contributed by atoms with E-state index in [-0.39, 0.29) is 0 Å². The molecule has 0 bridgehead atoms. The first-order valence-electron chi connectivity index (χ1n) is 4.93. The minimum absolute atomic E-state index is 0.775. The van der Waals surface area contributed by atoms with E-state index in [0.717, 1.165) is 30.2 Å². The van der Waals surface area contributed by atoms with Crippen molar-refractivity contribution in [2.45, 2.75) is 6.42 Å². The van der Waals surface area contributed by atoms with Crippen molar-refractivity contribution in [3.63, 3.8) is 0 Å². The van der Waals surface area contributed by atoms with Crippen LogP contribution in [-0.4, -0.2) is 16.5 Å². The lowest BCUT2D eigenvalue weighted by Crippen LogP contribution is -2.07. The molecule has 0 atom stereocenters. The van der Waals surface area contributed by atoms with E-state index >= 15 is 0 Å². The highest BCUT2D eigenvalue weighted by molar-refractivity contribution is 5.65. The number of hydrogen-bond acceptors (Lipinski definition) is 3. The molecule has 4 heteroatoms. The summed E-state index contributed by atoms with van der Waals surface area (Å²) in [7, 11) is 0. The lowest BCUT2D eigenvalue weighted by molar-refractivity contribution is 0.928. The molecule has 0 saturated heterocycles. The van der Waals surface area contributed by atoms with Crippen LogP contribution in [0.1, 0.15) is 5.82 Å². The molecule has 78 valence electrons. The number of aromatic amines is 1. The number of hydrogen-bond donors (Lipinski definition) is 3. The Labute approximate surface area is 88.5 Å². The highest BCUT2D eigenvalue weighted by atomic mass is 14.9. The lowest BCUT2D eigenvalue weighted by Gasteiger charge is -2.07. The number of rotatable bonds is 4. The van der Waals surface area contributed by atoms with Gasteiger partial charge in [-0.05, 0) is 12.1 Å². The van der Waals surface area contributed by atoms with E-state index < -0.39 is 0 Å². The second-order valence-electron chi connectivity index (χ2n) is 3.30. The van der Waals surface area contributed by atoms with Crippen molar-refractivity contribution in [1.29, 1.82) is 0 Å². The van der Waals surface area contributed by atoms with Gasteiger partial charge in [-0.25, -0.2) is 4.98 Å². The summed E-state index contributed by atoms with van der Waals surface area (Å²) in [5, 5.41) is 3.27. The van der Waals surface area contributed by atoms with Gasteiger partial charge in [0.05, 0.1) is 11.4 Å². The van der Waals surface area contributed by atoms with Gasteiger partial charge < -0.3 is 16.0 Å². The summed E-state index contributed by atoms with van der Waals surface area (Å²) < 4.78 is 0. The Morgan fingerprint density at radius 3 is 2.93 bits per heavy atom. The van der Waals surface area contributed by atoms with Crippen LogP contribution < -0.4 is 11.1 Å². The Hall–Kier alpha value is -1.97. The van der Waals surface area contributed by atoms with Crippen LogP contribution in [0, 0.1) is 0 Å². The van der Waals surface area contributed by atoms with Crippen molar-refractivity contribution >= 4 is 11.4 Å². The van der Waals surface area contributed by atoms with E-state index in [1.54, 1.807) is 6.20 Å². The molecule has 4 nitrogen and oxygen atoms in total. The highest BCUT2D eigenvalue weighted by Crippen LogP contribution is 2.16. The number of benzene rings is 1. The third-order valence-electron chi connectivity index (χ3n) is 2.19. The molecule has 1 aromatic heterocycles. The minimum atomic E-state index is 0.775. The number of nitrogens with zero attached hydrogens (tertiary/aromatic N) is 1. The zero-order valence-corrected chi connectivity index (χ0v) is 8.40. The molecule has 0 aliphatic heterocycles. The Kier molecular flexibility index (Phi) is 2.88. The van der Waals surface area contributed by atoms with Gasteiger partial charge in [-0.2, -0.15) is 0 Å². The van der Waals surface area contributed by atoms with E-state index in [2.05, 4.69) is 15.3 Å². The Morgan fingerprint density at radius 2 is 2.20 bits per heavy atom. The smallest absolute Gasteiger partial charge is 0.107 e. The zero-order valence-electron chi connectivity index (χ0n) is 8.40. The molecule has 2 rings (SSSR count). The van der Waals surface area contributed by atoms with Crippen LogP contribution in [0.25, 0.3) is 0 Å². The molecule has 0 amide bonds. The first kappa shape index (κ1) is 9.58. The number of imidazole rings is 1. The molecular formula is C11H14N4. The van der Waals surface area contributed by atoms with Crippen LogP contribution in [0.4, 0.5) is 11.4 Å². The number of nitrogens with two attached hydrogens (primary N) is 1. The van der Waals surface area contributed by atoms with Crippen molar-refractivity contribution in [1.82, 2.24) is 9.97 Å². The van der Waals surface area contributed by atoms with Gasteiger partial charge in [-0.1, -0.05) is 12.1 Å². The Morgan fingerprint density at radius 1 is 1.33 bits per heavy atom. The van der Waals surface area contributed by atoms with Crippen molar-refractivity contribution in [3.05, 3.63) is 42.5 Å². The molecule has 0 radical (unpaired) electrons. The standard InChI is InChI=1S/C11H14N4/c12-9-3-1-2-4-10(9)13-6-5-11-14-7-8-15-11/h1-4,7-8,13H,5-6,12H2,(H,14,15). The number of aromatic nitrogens is 2. The molecule has 0 aliphatic carbocycles. The molecule has 0 fully saturated rings. The van der Waals surface area contributed by atoms with Crippen molar-refractivity contribution < 1.29 is 0 Å². The van der Waals surface area contributed by atoms with Crippen LogP contribution in [-0.2, 0) is 6.42 Å². The summed E-state index contributed by atoms with van der Waals surface area (Å²) in [6.07, 6.45) is 4.44. The monoisotopic (exact) mass is 202 g/mol. The molecule has 2 aromatic rings. The number of nitrogens with one attached hydrogen (secondary N) is 2. The lowest BCUT2D eigenvalue weighted by atomic mass is 10.2. The normalized spacial score (nSPS) is 10.1. The number of anilines is 2. The fourth-order valence-electron chi connectivity index (χ4n) is 1.41. The number of nitrogen functional groups attached to an aromatic ring is 1. The van der Waals surface area contributed by atoms with Gasteiger partial charge in [-0.15, -0.1) is 0 Å². The summed E-state index contributed by atoms with van der Waals surface area (Å²) in [5.41, 5.74) is 7.55. The van der Waals surface area contributed by atoms with Gasteiger partial charge in [0.15, 0.2) is 0 Å². The van der Waals surface area contributed by atoms with Gasteiger partial charge in [0.25, 0.3) is 0 Å². The number of H-pyrrole nitrogens is 1. The predicted octanol–water partition coefficient (Wildman–Crippen LogP) is 1.65. The molecule has 1 heterocycles. The minimum Gasteiger partial charge on any atom is -0.397 e. The summed E-state index contributed by atoms with van der Waals surface area (Å²) in [4.78, 5) is 7.20. The van der Waals surface area contributed by atoms with Crippen LogP contribution in [0.3, 0.4) is 0 Å². The summed E-state index contributed by atoms with van der Waals surface area (Å²) in [6.45, 7) is 0.821. The van der Waals surface area contributed by atoms with Gasteiger partial charge >= 0.3 is 0 Å². The maximum absolute atomic E-state index is 5.79. The summed E-state index contributed by atoms with van der Waals surface area (Å²) in [5.74, 6) is 0.983. The average molecular weight is 202 g/mol. The van der Waals surface area contributed by atoms with Gasteiger partial charge in [0.2, 0.25) is 0 Å². The van der Waals surface area contributed by atoms with E-state index in [0.29, 0.717) is 0 Å². The van der Waals surface area contributed by atoms with E-state index in [4.69, 9.17) is 5.73 Å². The maximum Gasteiger partial charge on any atom is 0.107 e. The molecule has 0 spiro atoms. The highest BCUT2D eigenvalue weighted by Gasteiger charge is 1.97. The van der Waals surface area contributed by atoms with E-state index in [1.165, 1.54) is 0 Å². The van der Waals surface area contributed by atoms with Crippen LogP contribution >= 0.6 is 0 Å². The second-order valence-corrected chi connectivity index (χ2v) is 3.30. The predicted molar refractivity (Wildman–Crippen MR) is 61.6 cm³/mol. The molecule has 15 heavy (non-hydrogen) atoms. The summed E-state index contributed by atoms with van der Waals surface area (Å²) >= 11 is 0. The van der Waals surface area contributed by atoms with Crippen LogP contribution in [0.15, 0.2) is 36.7 Å². The van der Waals surface area contributed by atoms with Crippen molar-refractivity contribution in [2.75, 3.05) is 17.6 Å². The maximum atomic E-state index is 5.79. The molecule has 1 aromatic carbocycles. The fraction of sp³-hybridized carbons (Fsp3) is 0.182. The first-order valence-corrected chi connectivity index (χ1v) is 4.93.